The van der Waals surface area contributed by atoms with Gasteiger partial charge >= 0.3 is 6.03 Å². The number of nitrogens with zero attached hydrogens (tertiary/aromatic N) is 1. The van der Waals surface area contributed by atoms with Gasteiger partial charge in [-0.1, -0.05) is 18.2 Å². The van der Waals surface area contributed by atoms with Gasteiger partial charge in [-0.15, -0.1) is 0 Å². The predicted octanol–water partition coefficient (Wildman–Crippen LogP) is 3.12. The summed E-state index contributed by atoms with van der Waals surface area (Å²) in [6.45, 7) is 1.07. The van der Waals surface area contributed by atoms with E-state index in [0.29, 0.717) is 18.8 Å². The molecule has 6 nitrogen and oxygen atoms in total. The van der Waals surface area contributed by atoms with E-state index in [1.54, 1.807) is 29.2 Å². The number of carbonyl (C=O) groups is 1. The molecule has 2 N–H and O–H groups in total. The number of sulfone groups is 1. The van der Waals surface area contributed by atoms with Gasteiger partial charge in [-0.05, 0) is 54.0 Å². The maximum Gasteiger partial charge on any atom is 0.322 e. The topological polar surface area (TPSA) is 86.7 Å². The third kappa shape index (κ3) is 4.23. The number of phenols is 1. The first-order valence-corrected chi connectivity index (χ1v) is 10.1. The van der Waals surface area contributed by atoms with Crippen LogP contribution in [0.4, 0.5) is 10.5 Å². The van der Waals surface area contributed by atoms with E-state index in [1.807, 2.05) is 18.2 Å². The Bertz CT molecular complexity index is 933. The van der Waals surface area contributed by atoms with E-state index in [9.17, 15) is 18.3 Å². The zero-order chi connectivity index (χ0) is 18.7. The maximum atomic E-state index is 12.4. The molecule has 1 heterocycles. The van der Waals surface area contributed by atoms with E-state index < -0.39 is 9.84 Å². The van der Waals surface area contributed by atoms with Gasteiger partial charge in [0.2, 0.25) is 0 Å². The predicted molar refractivity (Wildman–Crippen MR) is 101 cm³/mol. The number of urea groups is 1. The largest absolute Gasteiger partial charge is 0.508 e. The zero-order valence-electron chi connectivity index (χ0n) is 14.3. The summed E-state index contributed by atoms with van der Waals surface area (Å²) >= 11 is 0. The van der Waals surface area contributed by atoms with Crippen molar-refractivity contribution in [3.05, 3.63) is 60.2 Å². The van der Waals surface area contributed by atoms with Gasteiger partial charge in [-0.25, -0.2) is 13.2 Å². The van der Waals surface area contributed by atoms with Crippen LogP contribution < -0.4 is 5.32 Å². The average Bonchev–Trinajstić information content (AvgIpc) is 2.62. The number of hydrogen-bond donors (Lipinski definition) is 2. The molecule has 0 saturated heterocycles. The molecule has 136 valence electrons. The number of carbonyl (C=O) groups excluding carboxylic acids is 1. The van der Waals surface area contributed by atoms with Crippen LogP contribution in [0.1, 0.15) is 12.0 Å². The molecule has 26 heavy (non-hydrogen) atoms. The van der Waals surface area contributed by atoms with Crippen LogP contribution in [0.3, 0.4) is 0 Å². The summed E-state index contributed by atoms with van der Waals surface area (Å²) in [4.78, 5) is 14.3. The molecular formula is C19H20N2O4S. The summed E-state index contributed by atoms with van der Waals surface area (Å²) in [5.74, 6) is 0.230. The van der Waals surface area contributed by atoms with E-state index in [0.717, 1.165) is 23.8 Å². The van der Waals surface area contributed by atoms with Crippen LogP contribution in [0.5, 0.6) is 5.75 Å². The van der Waals surface area contributed by atoms with Gasteiger partial charge in [0.1, 0.15) is 5.75 Å². The molecule has 0 aromatic heterocycles. The number of nitrogens with one attached hydrogen (secondary N) is 1. The Kier molecular flexibility index (Phi) is 4.99. The minimum Gasteiger partial charge on any atom is -0.508 e. The van der Waals surface area contributed by atoms with Crippen molar-refractivity contribution in [2.24, 2.45) is 0 Å². The summed E-state index contributed by atoms with van der Waals surface area (Å²) in [7, 11) is -3.25. The average molecular weight is 372 g/mol. The van der Waals surface area contributed by atoms with Crippen LogP contribution in [0.15, 0.2) is 59.5 Å². The molecule has 2 amide bonds. The van der Waals surface area contributed by atoms with Crippen molar-refractivity contribution in [2.45, 2.75) is 11.3 Å². The first-order valence-electron chi connectivity index (χ1n) is 8.17. The molecule has 0 saturated carbocycles. The Balaban J connectivity index is 1.62. The van der Waals surface area contributed by atoms with E-state index >= 15 is 0 Å². The lowest BCUT2D eigenvalue weighted by molar-refractivity contribution is 0.217. The minimum atomic E-state index is -3.25. The molecule has 0 aliphatic carbocycles. The summed E-state index contributed by atoms with van der Waals surface area (Å²) < 4.78 is 22.9. The third-order valence-electron chi connectivity index (χ3n) is 4.27. The fourth-order valence-corrected chi connectivity index (χ4v) is 3.41. The number of anilines is 1. The van der Waals surface area contributed by atoms with Crippen molar-refractivity contribution in [3.8, 4) is 5.75 Å². The highest BCUT2D eigenvalue weighted by Crippen LogP contribution is 2.24. The molecular weight excluding hydrogens is 352 g/mol. The normalized spacial score (nSPS) is 14.7. The highest BCUT2D eigenvalue weighted by atomic mass is 32.2. The third-order valence-corrected chi connectivity index (χ3v) is 5.40. The molecule has 7 heteroatoms. The molecule has 0 fully saturated rings. The Morgan fingerprint density at radius 2 is 1.73 bits per heavy atom. The number of amides is 2. The van der Waals surface area contributed by atoms with Gasteiger partial charge in [0.05, 0.1) is 4.90 Å². The van der Waals surface area contributed by atoms with Gasteiger partial charge in [-0.2, -0.15) is 0 Å². The summed E-state index contributed by atoms with van der Waals surface area (Å²) in [6, 6.07) is 12.9. The molecule has 1 aliphatic heterocycles. The Hall–Kier alpha value is -2.80. The summed E-state index contributed by atoms with van der Waals surface area (Å²) in [5, 5.41) is 12.1. The van der Waals surface area contributed by atoms with Crippen molar-refractivity contribution in [3.63, 3.8) is 0 Å². The molecule has 0 unspecified atom stereocenters. The van der Waals surface area contributed by atoms with Crippen molar-refractivity contribution in [2.75, 3.05) is 24.7 Å². The van der Waals surface area contributed by atoms with Gasteiger partial charge < -0.3 is 15.3 Å². The SMILES string of the molecule is CS(=O)(=O)c1ccc(NC(=O)N2CC=C(c3ccc(O)cc3)CC2)cc1. The molecule has 0 radical (unpaired) electrons. The molecule has 0 bridgehead atoms. The molecule has 0 atom stereocenters. The number of benzene rings is 2. The number of rotatable bonds is 3. The number of aromatic hydroxyl groups is 1. The highest BCUT2D eigenvalue weighted by molar-refractivity contribution is 7.90. The molecule has 0 spiro atoms. The maximum absolute atomic E-state index is 12.4. The first-order chi connectivity index (χ1) is 12.3. The fourth-order valence-electron chi connectivity index (χ4n) is 2.78. The van der Waals surface area contributed by atoms with Crippen LogP contribution in [-0.2, 0) is 9.84 Å². The second-order valence-corrected chi connectivity index (χ2v) is 8.21. The number of phenolic OH excluding ortho intramolecular Hbond substituents is 1. The van der Waals surface area contributed by atoms with Crippen molar-refractivity contribution in [1.29, 1.82) is 0 Å². The fraction of sp³-hybridized carbons (Fsp3) is 0.211. The van der Waals surface area contributed by atoms with E-state index in [1.165, 1.54) is 12.1 Å². The van der Waals surface area contributed by atoms with Crippen molar-refractivity contribution >= 4 is 27.1 Å². The molecule has 3 rings (SSSR count). The van der Waals surface area contributed by atoms with Gasteiger partial charge in [-0.3, -0.25) is 0 Å². The quantitative estimate of drug-likeness (QED) is 0.867. The van der Waals surface area contributed by atoms with Crippen molar-refractivity contribution < 1.29 is 18.3 Å². The monoisotopic (exact) mass is 372 g/mol. The lowest BCUT2D eigenvalue weighted by atomic mass is 9.99. The second kappa shape index (κ2) is 7.21. The van der Waals surface area contributed by atoms with Crippen molar-refractivity contribution in [1.82, 2.24) is 4.90 Å². The number of hydrogen-bond acceptors (Lipinski definition) is 4. The van der Waals surface area contributed by atoms with Gasteiger partial charge in [0, 0.05) is 25.0 Å². The second-order valence-electron chi connectivity index (χ2n) is 6.20. The van der Waals surface area contributed by atoms with Crippen LogP contribution in [-0.4, -0.2) is 43.8 Å². The first kappa shape index (κ1) is 18.0. The van der Waals surface area contributed by atoms with E-state index in [2.05, 4.69) is 5.32 Å². The lowest BCUT2D eigenvalue weighted by Gasteiger charge is -2.27. The smallest absolute Gasteiger partial charge is 0.322 e. The van der Waals surface area contributed by atoms with Gasteiger partial charge in [0.25, 0.3) is 0 Å². The van der Waals surface area contributed by atoms with Crippen LogP contribution >= 0.6 is 0 Å². The minimum absolute atomic E-state index is 0.218. The van der Waals surface area contributed by atoms with Crippen LogP contribution in [0.2, 0.25) is 0 Å². The Labute approximate surface area is 152 Å². The highest BCUT2D eigenvalue weighted by Gasteiger charge is 2.18. The van der Waals surface area contributed by atoms with Crippen LogP contribution in [0.25, 0.3) is 5.57 Å². The lowest BCUT2D eigenvalue weighted by Crippen LogP contribution is -2.37. The molecule has 1 aliphatic rings. The van der Waals surface area contributed by atoms with E-state index in [4.69, 9.17) is 0 Å². The van der Waals surface area contributed by atoms with Crippen LogP contribution in [0, 0.1) is 0 Å². The molecule has 2 aromatic rings. The molecule has 2 aromatic carbocycles. The standard InChI is InChI=1S/C19H20N2O4S/c1-26(24,25)18-8-4-16(5-9-18)20-19(23)21-12-10-15(11-13-21)14-2-6-17(22)7-3-14/h2-10,22H,11-13H2,1H3,(H,20,23). The Morgan fingerprint density at radius 3 is 2.27 bits per heavy atom. The summed E-state index contributed by atoms with van der Waals surface area (Å²) in [5.41, 5.74) is 2.74. The zero-order valence-corrected chi connectivity index (χ0v) is 15.2. The van der Waals surface area contributed by atoms with Gasteiger partial charge in [0.15, 0.2) is 9.84 Å². The summed E-state index contributed by atoms with van der Waals surface area (Å²) in [6.07, 6.45) is 3.87. The van der Waals surface area contributed by atoms with E-state index in [-0.39, 0.29) is 16.7 Å². The Morgan fingerprint density at radius 1 is 1.08 bits per heavy atom.